The average molecular weight is 484 g/mol. The fourth-order valence-electron chi connectivity index (χ4n) is 2.47. The number of pyridine rings is 1. The second-order valence-corrected chi connectivity index (χ2v) is 6.20. The number of carboxylic acid groups (broad SMARTS) is 2. The van der Waals surface area contributed by atoms with E-state index >= 15 is 0 Å². The van der Waals surface area contributed by atoms with Crippen molar-refractivity contribution in [2.24, 2.45) is 0 Å². The van der Waals surface area contributed by atoms with Crippen molar-refractivity contribution in [3.05, 3.63) is 47.5 Å². The van der Waals surface area contributed by atoms with Crippen LogP contribution in [0.4, 0.5) is 32.3 Å². The van der Waals surface area contributed by atoms with Crippen LogP contribution in [0, 0.1) is 0 Å². The van der Waals surface area contributed by atoms with Crippen molar-refractivity contribution in [1.82, 2.24) is 15.0 Å². The molecule has 3 rings (SSSR count). The maximum absolute atomic E-state index is 10.6. The number of nitrogens with zero attached hydrogens (tertiary/aromatic N) is 4. The van der Waals surface area contributed by atoms with Crippen molar-refractivity contribution in [1.29, 1.82) is 0 Å². The molecule has 1 aliphatic heterocycles. The Balaban J connectivity index is 0.000000324. The molecular formula is C18H18F6N4O5. The number of ether oxygens (including phenoxy) is 1. The second kappa shape index (κ2) is 11.9. The van der Waals surface area contributed by atoms with Gasteiger partial charge in [0.25, 0.3) is 0 Å². The molecule has 33 heavy (non-hydrogen) atoms. The van der Waals surface area contributed by atoms with Crippen LogP contribution in [0.3, 0.4) is 0 Å². The molecule has 0 spiro atoms. The first-order valence-corrected chi connectivity index (χ1v) is 8.83. The lowest BCUT2D eigenvalue weighted by Gasteiger charge is -2.29. The molecule has 9 nitrogen and oxygen atoms in total. The molecule has 1 aliphatic rings. The third-order valence-corrected chi connectivity index (χ3v) is 3.85. The molecule has 0 atom stereocenters. The number of aromatic nitrogens is 3. The van der Waals surface area contributed by atoms with Crippen molar-refractivity contribution in [2.45, 2.75) is 31.9 Å². The van der Waals surface area contributed by atoms with Crippen LogP contribution in [-0.2, 0) is 33.9 Å². The van der Waals surface area contributed by atoms with E-state index in [0.717, 1.165) is 25.5 Å². The normalized spacial score (nSPS) is 13.0. The lowest BCUT2D eigenvalue weighted by atomic mass is 9.98. The van der Waals surface area contributed by atoms with Gasteiger partial charge in [0.1, 0.15) is 0 Å². The van der Waals surface area contributed by atoms with Crippen molar-refractivity contribution in [2.75, 3.05) is 18.6 Å². The van der Waals surface area contributed by atoms with Crippen LogP contribution in [0.5, 0.6) is 0 Å². The molecule has 0 unspecified atom stereocenters. The Morgan fingerprint density at radius 3 is 2.00 bits per heavy atom. The van der Waals surface area contributed by atoms with Gasteiger partial charge in [-0.2, -0.15) is 26.3 Å². The molecule has 0 aliphatic carbocycles. The van der Waals surface area contributed by atoms with Crippen LogP contribution < -0.4 is 4.90 Å². The minimum Gasteiger partial charge on any atom is -0.475 e. The van der Waals surface area contributed by atoms with E-state index in [1.165, 1.54) is 16.7 Å². The maximum Gasteiger partial charge on any atom is 0.490 e. The summed E-state index contributed by atoms with van der Waals surface area (Å²) < 4.78 is 68.7. The molecule has 15 heteroatoms. The highest BCUT2D eigenvalue weighted by Crippen LogP contribution is 2.24. The molecule has 0 radical (unpaired) electrons. The number of methoxy groups -OCH3 is 1. The number of hydrogen-bond acceptors (Lipinski definition) is 7. The van der Waals surface area contributed by atoms with Gasteiger partial charge in [-0.15, -0.1) is 0 Å². The Morgan fingerprint density at radius 2 is 1.55 bits per heavy atom. The maximum atomic E-state index is 10.6. The van der Waals surface area contributed by atoms with E-state index < -0.39 is 24.3 Å². The monoisotopic (exact) mass is 484 g/mol. The first-order valence-electron chi connectivity index (χ1n) is 8.83. The second-order valence-electron chi connectivity index (χ2n) is 6.20. The molecule has 0 saturated heterocycles. The van der Waals surface area contributed by atoms with Gasteiger partial charge in [0.05, 0.1) is 6.61 Å². The summed E-state index contributed by atoms with van der Waals surface area (Å²) in [6.45, 7) is 2.36. The standard InChI is InChI=1S/C14H16N4O.2C2HF3O2/c1-19-10-12-8-15-7-11-9-18(6-3-13(11)12)14-16-4-2-5-17-14;2*3-2(4,5)1(6)7/h2,4-5,7-8H,3,6,9-10H2,1H3;2*(H,6,7). The number of carbonyl (C=O) groups is 2. The van der Waals surface area contributed by atoms with Gasteiger partial charge in [0, 0.05) is 45.0 Å². The Bertz CT molecular complexity index is 901. The van der Waals surface area contributed by atoms with Gasteiger partial charge in [0.2, 0.25) is 5.95 Å². The quantitative estimate of drug-likeness (QED) is 0.633. The van der Waals surface area contributed by atoms with E-state index in [0.29, 0.717) is 6.61 Å². The van der Waals surface area contributed by atoms with E-state index in [9.17, 15) is 26.3 Å². The smallest absolute Gasteiger partial charge is 0.475 e. The van der Waals surface area contributed by atoms with Crippen LogP contribution in [0.1, 0.15) is 16.7 Å². The van der Waals surface area contributed by atoms with Gasteiger partial charge in [-0.3, -0.25) is 4.98 Å². The lowest BCUT2D eigenvalue weighted by molar-refractivity contribution is -0.193. The predicted molar refractivity (Wildman–Crippen MR) is 99.1 cm³/mol. The number of aliphatic carboxylic acids is 2. The Kier molecular flexibility index (Phi) is 9.97. The summed E-state index contributed by atoms with van der Waals surface area (Å²) in [6, 6.07) is 1.83. The Morgan fingerprint density at radius 1 is 1.03 bits per heavy atom. The third kappa shape index (κ3) is 9.26. The summed E-state index contributed by atoms with van der Waals surface area (Å²) >= 11 is 0. The average Bonchev–Trinajstić information content (AvgIpc) is 2.74. The molecule has 0 bridgehead atoms. The number of anilines is 1. The topological polar surface area (TPSA) is 126 Å². The first kappa shape index (κ1) is 27.5. The Hall–Kier alpha value is -3.49. The Labute approximate surface area is 182 Å². The number of fused-ring (bicyclic) bond motifs is 1. The highest BCUT2D eigenvalue weighted by atomic mass is 19.4. The van der Waals surface area contributed by atoms with Gasteiger partial charge in [-0.05, 0) is 29.2 Å². The summed E-state index contributed by atoms with van der Waals surface area (Å²) in [5.74, 6) is -4.73. The van der Waals surface area contributed by atoms with Crippen LogP contribution in [0.2, 0.25) is 0 Å². The van der Waals surface area contributed by atoms with E-state index in [2.05, 4.69) is 19.9 Å². The van der Waals surface area contributed by atoms with Gasteiger partial charge in [-0.1, -0.05) is 0 Å². The molecule has 2 aromatic rings. The highest BCUT2D eigenvalue weighted by molar-refractivity contribution is 5.73. The van der Waals surface area contributed by atoms with E-state index in [-0.39, 0.29) is 0 Å². The van der Waals surface area contributed by atoms with Gasteiger partial charge in [-0.25, -0.2) is 19.6 Å². The van der Waals surface area contributed by atoms with Gasteiger partial charge in [0.15, 0.2) is 0 Å². The number of alkyl halides is 6. The SMILES string of the molecule is COCc1cncc2c1CCN(c1ncccn1)C2.O=C(O)C(F)(F)F.O=C(O)C(F)(F)F. The summed E-state index contributed by atoms with van der Waals surface area (Å²) in [5.41, 5.74) is 3.80. The number of carboxylic acids is 2. The fourth-order valence-corrected chi connectivity index (χ4v) is 2.47. The predicted octanol–water partition coefficient (Wildman–Crippen LogP) is 2.85. The lowest BCUT2D eigenvalue weighted by Crippen LogP contribution is -2.32. The number of hydrogen-bond donors (Lipinski definition) is 2. The summed E-state index contributed by atoms with van der Waals surface area (Å²) in [5, 5.41) is 14.2. The summed E-state index contributed by atoms with van der Waals surface area (Å²) in [6.07, 6.45) is -1.80. The van der Waals surface area contributed by atoms with Crippen LogP contribution >= 0.6 is 0 Å². The zero-order valence-electron chi connectivity index (χ0n) is 16.9. The zero-order valence-corrected chi connectivity index (χ0v) is 16.9. The van der Waals surface area contributed by atoms with Gasteiger partial charge < -0.3 is 19.8 Å². The van der Waals surface area contributed by atoms with Crippen LogP contribution in [-0.4, -0.2) is 63.1 Å². The van der Waals surface area contributed by atoms with Crippen molar-refractivity contribution < 1.29 is 50.9 Å². The van der Waals surface area contributed by atoms with Crippen molar-refractivity contribution >= 4 is 17.9 Å². The summed E-state index contributed by atoms with van der Waals surface area (Å²) in [7, 11) is 1.71. The number of rotatable bonds is 3. The molecule has 0 amide bonds. The minimum atomic E-state index is -5.08. The van der Waals surface area contributed by atoms with E-state index in [1.54, 1.807) is 19.5 Å². The molecule has 3 heterocycles. The third-order valence-electron chi connectivity index (χ3n) is 3.85. The van der Waals surface area contributed by atoms with E-state index in [1.807, 2.05) is 18.5 Å². The highest BCUT2D eigenvalue weighted by Gasteiger charge is 2.38. The molecule has 182 valence electrons. The fraction of sp³-hybridized carbons (Fsp3) is 0.389. The molecular weight excluding hydrogens is 466 g/mol. The minimum absolute atomic E-state index is 0.623. The molecule has 0 saturated carbocycles. The molecule has 2 N–H and O–H groups in total. The van der Waals surface area contributed by atoms with Crippen molar-refractivity contribution in [3.8, 4) is 0 Å². The molecule has 0 aromatic carbocycles. The van der Waals surface area contributed by atoms with Crippen LogP contribution in [0.25, 0.3) is 0 Å². The molecule has 2 aromatic heterocycles. The van der Waals surface area contributed by atoms with Crippen LogP contribution in [0.15, 0.2) is 30.9 Å². The molecule has 0 fully saturated rings. The largest absolute Gasteiger partial charge is 0.490 e. The van der Waals surface area contributed by atoms with Gasteiger partial charge >= 0.3 is 24.3 Å². The summed E-state index contributed by atoms with van der Waals surface area (Å²) in [4.78, 5) is 32.9. The van der Waals surface area contributed by atoms with E-state index in [4.69, 9.17) is 24.5 Å². The first-order chi connectivity index (χ1) is 15.3. The zero-order chi connectivity index (χ0) is 25.2. The number of halogens is 6. The van der Waals surface area contributed by atoms with Crippen molar-refractivity contribution in [3.63, 3.8) is 0 Å².